The van der Waals surface area contributed by atoms with Gasteiger partial charge in [0.05, 0.1) is 5.69 Å². The Labute approximate surface area is 105 Å². The average molecular weight is 258 g/mol. The predicted octanol–water partition coefficient (Wildman–Crippen LogP) is 4.28. The van der Waals surface area contributed by atoms with Gasteiger partial charge in [-0.25, -0.2) is 8.78 Å². The number of hydrogen-bond donors (Lipinski definition) is 0. The Morgan fingerprint density at radius 2 is 2.00 bits per heavy atom. The first-order chi connectivity index (χ1) is 7.72. The number of halogens is 3. The third-order valence-electron chi connectivity index (χ3n) is 2.63. The van der Waals surface area contributed by atoms with E-state index in [1.54, 1.807) is 12.3 Å². The maximum Gasteiger partial charge on any atom is 0.152 e. The summed E-state index contributed by atoms with van der Waals surface area (Å²) in [5.74, 6) is -0.801. The van der Waals surface area contributed by atoms with E-state index in [2.05, 4.69) is 4.98 Å². The summed E-state index contributed by atoms with van der Waals surface area (Å²) in [7, 11) is 0. The van der Waals surface area contributed by atoms with Crippen molar-refractivity contribution in [3.63, 3.8) is 0 Å². The molecule has 92 valence electrons. The third-order valence-corrected chi connectivity index (χ3v) is 2.63. The number of unbranched alkanes of at least 4 members (excludes halogenated alkanes) is 1. The van der Waals surface area contributed by atoms with Crippen LogP contribution in [0.25, 0.3) is 10.8 Å². The Kier molecular flexibility index (Phi) is 4.82. The lowest BCUT2D eigenvalue weighted by molar-refractivity contribution is 0.598. The minimum absolute atomic E-state index is 0. The highest BCUT2D eigenvalue weighted by atomic mass is 35.5. The van der Waals surface area contributed by atoms with Crippen LogP contribution in [0.1, 0.15) is 25.5 Å². The number of hydrogen-bond acceptors (Lipinski definition) is 1. The fourth-order valence-corrected chi connectivity index (χ4v) is 1.71. The van der Waals surface area contributed by atoms with Gasteiger partial charge in [0.15, 0.2) is 5.82 Å². The lowest BCUT2D eigenvalue weighted by Crippen LogP contribution is -1.96. The van der Waals surface area contributed by atoms with E-state index in [4.69, 9.17) is 0 Å². The standard InChI is InChI=1S/C13H13F2N.ClH/c1-2-3-4-12-13(15)11-7-10(14)6-5-9(11)8-16-12;/h5-8H,2-4H2,1H3;1H. The van der Waals surface area contributed by atoms with Crippen molar-refractivity contribution in [3.8, 4) is 0 Å². The molecule has 4 heteroatoms. The molecular weight excluding hydrogens is 244 g/mol. The normalized spacial score (nSPS) is 10.3. The molecule has 2 rings (SSSR count). The summed E-state index contributed by atoms with van der Waals surface area (Å²) in [4.78, 5) is 4.08. The fraction of sp³-hybridized carbons (Fsp3) is 0.308. The minimum Gasteiger partial charge on any atom is -0.258 e. The molecule has 0 bridgehead atoms. The van der Waals surface area contributed by atoms with Crippen molar-refractivity contribution in [2.45, 2.75) is 26.2 Å². The van der Waals surface area contributed by atoms with Crippen LogP contribution in [-0.4, -0.2) is 4.98 Å². The lowest BCUT2D eigenvalue weighted by atomic mass is 10.1. The molecule has 0 saturated heterocycles. The molecule has 17 heavy (non-hydrogen) atoms. The molecule has 0 aliphatic rings. The summed E-state index contributed by atoms with van der Waals surface area (Å²) in [6, 6.07) is 4.08. The van der Waals surface area contributed by atoms with E-state index >= 15 is 0 Å². The first-order valence-electron chi connectivity index (χ1n) is 5.45. The number of aromatic nitrogens is 1. The Hall–Kier alpha value is -1.22. The second kappa shape index (κ2) is 5.92. The number of benzene rings is 1. The van der Waals surface area contributed by atoms with Gasteiger partial charge in [0, 0.05) is 17.0 Å². The molecule has 0 spiro atoms. The summed E-state index contributed by atoms with van der Waals surface area (Å²) in [5.41, 5.74) is 0.431. The van der Waals surface area contributed by atoms with Gasteiger partial charge in [0.1, 0.15) is 5.82 Å². The zero-order valence-electron chi connectivity index (χ0n) is 9.54. The van der Waals surface area contributed by atoms with Crippen molar-refractivity contribution in [1.29, 1.82) is 0 Å². The first kappa shape index (κ1) is 13.8. The summed E-state index contributed by atoms with van der Waals surface area (Å²) in [6.07, 6.45) is 4.09. The largest absolute Gasteiger partial charge is 0.258 e. The van der Waals surface area contributed by atoms with Crippen LogP contribution in [0.5, 0.6) is 0 Å². The Balaban J connectivity index is 0.00000144. The van der Waals surface area contributed by atoms with Crippen LogP contribution in [0.2, 0.25) is 0 Å². The van der Waals surface area contributed by atoms with Crippen LogP contribution in [0.15, 0.2) is 24.4 Å². The number of pyridine rings is 1. The van der Waals surface area contributed by atoms with Crippen molar-refractivity contribution in [1.82, 2.24) is 4.98 Å². The average Bonchev–Trinajstić information content (AvgIpc) is 2.29. The first-order valence-corrected chi connectivity index (χ1v) is 5.45. The minimum atomic E-state index is -0.418. The molecule has 0 amide bonds. The molecule has 0 fully saturated rings. The number of fused-ring (bicyclic) bond motifs is 1. The molecule has 0 atom stereocenters. The van der Waals surface area contributed by atoms with Gasteiger partial charge in [-0.2, -0.15) is 0 Å². The summed E-state index contributed by atoms with van der Waals surface area (Å²) in [6.45, 7) is 2.04. The van der Waals surface area contributed by atoms with Crippen LogP contribution >= 0.6 is 12.4 Å². The molecule has 0 aliphatic carbocycles. The van der Waals surface area contributed by atoms with Gasteiger partial charge in [0.25, 0.3) is 0 Å². The van der Waals surface area contributed by atoms with Gasteiger partial charge < -0.3 is 0 Å². The van der Waals surface area contributed by atoms with Crippen LogP contribution in [0, 0.1) is 11.6 Å². The van der Waals surface area contributed by atoms with E-state index in [1.165, 1.54) is 12.1 Å². The predicted molar refractivity (Wildman–Crippen MR) is 67.5 cm³/mol. The topological polar surface area (TPSA) is 12.9 Å². The highest BCUT2D eigenvalue weighted by Crippen LogP contribution is 2.21. The van der Waals surface area contributed by atoms with Gasteiger partial charge in [-0.3, -0.25) is 4.98 Å². The molecule has 0 unspecified atom stereocenters. The molecule has 1 aromatic carbocycles. The van der Waals surface area contributed by atoms with E-state index in [1.807, 2.05) is 6.92 Å². The van der Waals surface area contributed by atoms with Crippen molar-refractivity contribution >= 4 is 23.2 Å². The molecule has 2 aromatic rings. The smallest absolute Gasteiger partial charge is 0.152 e. The van der Waals surface area contributed by atoms with Gasteiger partial charge in [-0.1, -0.05) is 13.3 Å². The Bertz CT molecular complexity index is 514. The van der Waals surface area contributed by atoms with Crippen molar-refractivity contribution in [3.05, 3.63) is 41.7 Å². The van der Waals surface area contributed by atoms with E-state index in [9.17, 15) is 8.78 Å². The van der Waals surface area contributed by atoms with E-state index in [0.717, 1.165) is 12.8 Å². The third kappa shape index (κ3) is 2.91. The Morgan fingerprint density at radius 1 is 1.24 bits per heavy atom. The molecular formula is C13H14ClF2N. The molecule has 0 N–H and O–H groups in total. The van der Waals surface area contributed by atoms with Crippen molar-refractivity contribution in [2.24, 2.45) is 0 Å². The lowest BCUT2D eigenvalue weighted by Gasteiger charge is -2.05. The molecule has 0 saturated carbocycles. The monoisotopic (exact) mass is 257 g/mol. The van der Waals surface area contributed by atoms with Gasteiger partial charge in [-0.05, 0) is 31.0 Å². The van der Waals surface area contributed by atoms with Crippen LogP contribution in [-0.2, 0) is 6.42 Å². The zero-order chi connectivity index (χ0) is 11.5. The second-order valence-electron chi connectivity index (χ2n) is 3.85. The molecule has 0 aliphatic heterocycles. The fourth-order valence-electron chi connectivity index (χ4n) is 1.71. The van der Waals surface area contributed by atoms with Crippen LogP contribution in [0.4, 0.5) is 8.78 Å². The van der Waals surface area contributed by atoms with E-state index in [0.29, 0.717) is 22.9 Å². The molecule has 1 nitrogen and oxygen atoms in total. The summed E-state index contributed by atoms with van der Waals surface area (Å²) in [5, 5.41) is 0.959. The Morgan fingerprint density at radius 3 is 2.71 bits per heavy atom. The molecule has 0 radical (unpaired) electrons. The maximum absolute atomic E-state index is 13.9. The van der Waals surface area contributed by atoms with Crippen LogP contribution < -0.4 is 0 Å². The SMILES string of the molecule is CCCCc1ncc2ccc(F)cc2c1F.Cl. The number of rotatable bonds is 3. The molecule has 1 heterocycles. The quantitative estimate of drug-likeness (QED) is 0.800. The zero-order valence-corrected chi connectivity index (χ0v) is 10.4. The summed E-state index contributed by atoms with van der Waals surface area (Å²) < 4.78 is 27.0. The number of nitrogens with zero attached hydrogens (tertiary/aromatic N) is 1. The highest BCUT2D eigenvalue weighted by molar-refractivity contribution is 5.85. The highest BCUT2D eigenvalue weighted by Gasteiger charge is 2.09. The maximum atomic E-state index is 13.9. The van der Waals surface area contributed by atoms with Gasteiger partial charge >= 0.3 is 0 Å². The van der Waals surface area contributed by atoms with Crippen molar-refractivity contribution in [2.75, 3.05) is 0 Å². The van der Waals surface area contributed by atoms with E-state index < -0.39 is 5.82 Å². The summed E-state index contributed by atoms with van der Waals surface area (Å²) >= 11 is 0. The van der Waals surface area contributed by atoms with Gasteiger partial charge in [0.2, 0.25) is 0 Å². The van der Waals surface area contributed by atoms with E-state index in [-0.39, 0.29) is 18.2 Å². The van der Waals surface area contributed by atoms with Crippen LogP contribution in [0.3, 0.4) is 0 Å². The second-order valence-corrected chi connectivity index (χ2v) is 3.85. The van der Waals surface area contributed by atoms with Gasteiger partial charge in [-0.15, -0.1) is 12.4 Å². The molecule has 1 aromatic heterocycles. The number of aryl methyl sites for hydroxylation is 1. The van der Waals surface area contributed by atoms with Crippen molar-refractivity contribution < 1.29 is 8.78 Å².